The first kappa shape index (κ1) is 17.6. The maximum absolute atomic E-state index is 12.5. The molecule has 1 N–H and O–H groups in total. The van der Waals surface area contributed by atoms with E-state index < -0.39 is 0 Å². The number of H-pyrrole nitrogens is 1. The summed E-state index contributed by atoms with van der Waals surface area (Å²) in [7, 11) is 0. The van der Waals surface area contributed by atoms with Gasteiger partial charge in [-0.05, 0) is 43.0 Å². The van der Waals surface area contributed by atoms with Crippen molar-refractivity contribution < 1.29 is 9.53 Å². The Morgan fingerprint density at radius 1 is 1.07 bits per heavy atom. The minimum Gasteiger partial charge on any atom is -0.493 e. The minimum atomic E-state index is 0.220. The minimum absolute atomic E-state index is 0.220. The summed E-state index contributed by atoms with van der Waals surface area (Å²) in [6, 6.07) is 17.9. The molecule has 1 saturated heterocycles. The van der Waals surface area contributed by atoms with Gasteiger partial charge < -0.3 is 14.6 Å². The Morgan fingerprint density at radius 3 is 2.59 bits per heavy atom. The lowest BCUT2D eigenvalue weighted by atomic mass is 9.97. The molecule has 5 heteroatoms. The van der Waals surface area contributed by atoms with E-state index >= 15 is 0 Å². The number of aromatic nitrogens is 2. The van der Waals surface area contributed by atoms with Crippen molar-refractivity contribution in [1.82, 2.24) is 14.9 Å². The van der Waals surface area contributed by atoms with Crippen LogP contribution in [0.2, 0.25) is 0 Å². The number of nitrogens with one attached hydrogen (secondary N) is 1. The molecular weight excluding hydrogens is 338 g/mol. The maximum Gasteiger partial charge on any atom is 0.223 e. The molecular formula is C22H25N3O2. The van der Waals surface area contributed by atoms with Gasteiger partial charge in [-0.2, -0.15) is 0 Å². The molecule has 0 atom stereocenters. The van der Waals surface area contributed by atoms with Crippen LogP contribution >= 0.6 is 0 Å². The Hall–Kier alpha value is -2.82. The van der Waals surface area contributed by atoms with Crippen LogP contribution in [0.1, 0.15) is 25.1 Å². The number of likely N-dealkylation sites (tertiary alicyclic amines) is 1. The van der Waals surface area contributed by atoms with E-state index in [2.05, 4.69) is 9.97 Å². The molecule has 140 valence electrons. The van der Waals surface area contributed by atoms with Crippen molar-refractivity contribution in [3.05, 3.63) is 60.4 Å². The number of para-hydroxylation sites is 3. The molecule has 0 radical (unpaired) electrons. The summed E-state index contributed by atoms with van der Waals surface area (Å²) in [5, 5.41) is 0. The Balaban J connectivity index is 1.21. The number of piperidine rings is 1. The van der Waals surface area contributed by atoms with Crippen LogP contribution in [0.3, 0.4) is 0 Å². The fourth-order valence-corrected chi connectivity index (χ4v) is 3.59. The molecule has 0 saturated carbocycles. The first-order valence-electron chi connectivity index (χ1n) is 9.67. The van der Waals surface area contributed by atoms with Gasteiger partial charge in [0.2, 0.25) is 5.91 Å². The molecule has 1 aliphatic heterocycles. The molecule has 1 aliphatic rings. The molecule has 1 fully saturated rings. The average molecular weight is 363 g/mol. The van der Waals surface area contributed by atoms with Gasteiger partial charge in [-0.25, -0.2) is 4.98 Å². The Kier molecular flexibility index (Phi) is 5.37. The first-order valence-corrected chi connectivity index (χ1v) is 9.67. The van der Waals surface area contributed by atoms with Crippen LogP contribution in [0.25, 0.3) is 11.0 Å². The van der Waals surface area contributed by atoms with E-state index in [1.165, 1.54) is 0 Å². The maximum atomic E-state index is 12.5. The molecule has 0 spiro atoms. The van der Waals surface area contributed by atoms with E-state index in [4.69, 9.17) is 4.74 Å². The van der Waals surface area contributed by atoms with Gasteiger partial charge in [0.1, 0.15) is 11.6 Å². The second-order valence-corrected chi connectivity index (χ2v) is 7.15. The van der Waals surface area contributed by atoms with Crippen LogP contribution in [-0.2, 0) is 11.2 Å². The van der Waals surface area contributed by atoms with Gasteiger partial charge in [0.15, 0.2) is 0 Å². The summed E-state index contributed by atoms with van der Waals surface area (Å²) in [5.74, 6) is 2.54. The molecule has 4 rings (SSSR count). The lowest BCUT2D eigenvalue weighted by molar-refractivity contribution is -0.132. The van der Waals surface area contributed by atoms with E-state index in [9.17, 15) is 4.79 Å². The van der Waals surface area contributed by atoms with Gasteiger partial charge in [0.05, 0.1) is 17.6 Å². The van der Waals surface area contributed by atoms with Crippen molar-refractivity contribution in [1.29, 1.82) is 0 Å². The summed E-state index contributed by atoms with van der Waals surface area (Å²) in [6.45, 7) is 2.37. The van der Waals surface area contributed by atoms with Crippen molar-refractivity contribution in [3.63, 3.8) is 0 Å². The van der Waals surface area contributed by atoms with Crippen LogP contribution in [0.4, 0.5) is 0 Å². The van der Waals surface area contributed by atoms with Gasteiger partial charge >= 0.3 is 0 Å². The quantitative estimate of drug-likeness (QED) is 0.724. The lowest BCUT2D eigenvalue weighted by Gasteiger charge is -2.32. The third-order valence-electron chi connectivity index (χ3n) is 5.21. The Labute approximate surface area is 159 Å². The normalized spacial score (nSPS) is 15.2. The zero-order valence-corrected chi connectivity index (χ0v) is 15.4. The highest BCUT2D eigenvalue weighted by molar-refractivity contribution is 5.77. The second-order valence-electron chi connectivity index (χ2n) is 7.15. The SMILES string of the molecule is O=C(CCc1nc2ccccc2[nH]1)N1CCC(COc2ccccc2)CC1. The monoisotopic (exact) mass is 363 g/mol. The fourth-order valence-electron chi connectivity index (χ4n) is 3.59. The number of carbonyl (C=O) groups excluding carboxylic acids is 1. The molecule has 3 aromatic rings. The molecule has 0 bridgehead atoms. The second kappa shape index (κ2) is 8.25. The number of hydrogen-bond donors (Lipinski definition) is 1. The highest BCUT2D eigenvalue weighted by atomic mass is 16.5. The van der Waals surface area contributed by atoms with Crippen molar-refractivity contribution in [2.24, 2.45) is 5.92 Å². The zero-order chi connectivity index (χ0) is 18.5. The number of fused-ring (bicyclic) bond motifs is 1. The molecule has 1 aromatic heterocycles. The summed E-state index contributed by atoms with van der Waals surface area (Å²) >= 11 is 0. The van der Waals surface area contributed by atoms with Gasteiger partial charge in [-0.3, -0.25) is 4.79 Å². The standard InChI is InChI=1S/C22H25N3O2/c26-22(11-10-21-23-19-8-4-5-9-20(19)24-21)25-14-12-17(13-15-25)16-27-18-6-2-1-3-7-18/h1-9,17H,10-16H2,(H,23,24). The lowest BCUT2D eigenvalue weighted by Crippen LogP contribution is -2.39. The molecule has 0 aliphatic carbocycles. The van der Waals surface area contributed by atoms with E-state index in [-0.39, 0.29) is 5.91 Å². The third-order valence-corrected chi connectivity index (χ3v) is 5.21. The zero-order valence-electron chi connectivity index (χ0n) is 15.4. The number of hydrogen-bond acceptors (Lipinski definition) is 3. The van der Waals surface area contributed by atoms with Crippen LogP contribution in [0.15, 0.2) is 54.6 Å². The van der Waals surface area contributed by atoms with E-state index in [1.807, 2.05) is 59.5 Å². The first-order chi connectivity index (χ1) is 13.3. The fraction of sp³-hybridized carbons (Fsp3) is 0.364. The van der Waals surface area contributed by atoms with E-state index in [0.29, 0.717) is 18.8 Å². The number of amides is 1. The summed E-state index contributed by atoms with van der Waals surface area (Å²) in [6.07, 6.45) is 3.17. The van der Waals surface area contributed by atoms with Gasteiger partial charge in [-0.1, -0.05) is 30.3 Å². The van der Waals surface area contributed by atoms with Gasteiger partial charge in [-0.15, -0.1) is 0 Å². The van der Waals surface area contributed by atoms with Crippen molar-refractivity contribution in [2.45, 2.75) is 25.7 Å². The van der Waals surface area contributed by atoms with E-state index in [1.54, 1.807) is 0 Å². The molecule has 2 aromatic carbocycles. The number of carbonyl (C=O) groups is 1. The number of nitrogens with zero attached hydrogens (tertiary/aromatic N) is 2. The number of aryl methyl sites for hydroxylation is 1. The summed E-state index contributed by atoms with van der Waals surface area (Å²) < 4.78 is 5.86. The molecule has 0 unspecified atom stereocenters. The predicted molar refractivity (Wildman–Crippen MR) is 106 cm³/mol. The van der Waals surface area contributed by atoms with E-state index in [0.717, 1.165) is 55.1 Å². The average Bonchev–Trinajstić information content (AvgIpc) is 3.15. The number of rotatable bonds is 6. The molecule has 2 heterocycles. The molecule has 1 amide bonds. The van der Waals surface area contributed by atoms with Crippen LogP contribution in [0.5, 0.6) is 5.75 Å². The van der Waals surface area contributed by atoms with Crippen molar-refractivity contribution in [3.8, 4) is 5.75 Å². The predicted octanol–water partition coefficient (Wildman–Crippen LogP) is 3.81. The highest BCUT2D eigenvalue weighted by Crippen LogP contribution is 2.20. The molecule has 27 heavy (non-hydrogen) atoms. The number of benzene rings is 2. The van der Waals surface area contributed by atoms with Gasteiger partial charge in [0.25, 0.3) is 0 Å². The topological polar surface area (TPSA) is 58.2 Å². The largest absolute Gasteiger partial charge is 0.493 e. The smallest absolute Gasteiger partial charge is 0.223 e. The van der Waals surface area contributed by atoms with Crippen molar-refractivity contribution >= 4 is 16.9 Å². The van der Waals surface area contributed by atoms with Crippen LogP contribution in [-0.4, -0.2) is 40.5 Å². The van der Waals surface area contributed by atoms with Crippen LogP contribution in [0, 0.1) is 5.92 Å². The highest BCUT2D eigenvalue weighted by Gasteiger charge is 2.23. The Bertz CT molecular complexity index is 850. The van der Waals surface area contributed by atoms with Gasteiger partial charge in [0, 0.05) is 25.9 Å². The third kappa shape index (κ3) is 4.48. The molecule has 5 nitrogen and oxygen atoms in total. The summed E-state index contributed by atoms with van der Waals surface area (Å²) in [4.78, 5) is 22.4. The summed E-state index contributed by atoms with van der Waals surface area (Å²) in [5.41, 5.74) is 1.98. The Morgan fingerprint density at radius 2 is 1.81 bits per heavy atom. The number of aromatic amines is 1. The van der Waals surface area contributed by atoms with Crippen LogP contribution < -0.4 is 4.74 Å². The number of imidazole rings is 1. The van der Waals surface area contributed by atoms with Crippen molar-refractivity contribution in [2.75, 3.05) is 19.7 Å². The number of ether oxygens (including phenoxy) is 1.